The second-order valence-electron chi connectivity index (χ2n) is 8.63. The van der Waals surface area contributed by atoms with Crippen molar-refractivity contribution in [3.63, 3.8) is 0 Å². The molecule has 0 unspecified atom stereocenters. The van der Waals surface area contributed by atoms with Crippen LogP contribution in [-0.2, 0) is 20.0 Å². The van der Waals surface area contributed by atoms with E-state index in [4.69, 9.17) is 10.5 Å². The molecule has 0 saturated carbocycles. The molecule has 5 rings (SSSR count). The Hall–Kier alpha value is -3.10. The number of anilines is 1. The van der Waals surface area contributed by atoms with Crippen molar-refractivity contribution in [1.82, 2.24) is 20.1 Å². The smallest absolute Gasteiger partial charge is 0.237 e. The fraction of sp³-hybridized carbons (Fsp3) is 0.259. The molecule has 4 aromatic rings. The predicted octanol–water partition coefficient (Wildman–Crippen LogP) is 4.53. The summed E-state index contributed by atoms with van der Waals surface area (Å²) in [6.45, 7) is 2.09. The summed E-state index contributed by atoms with van der Waals surface area (Å²) in [7, 11) is 1.91. The van der Waals surface area contributed by atoms with Crippen molar-refractivity contribution in [2.24, 2.45) is 12.8 Å². The van der Waals surface area contributed by atoms with Gasteiger partial charge in [0.05, 0.1) is 24.5 Å². The third kappa shape index (κ3) is 6.36. The molecule has 3 heterocycles. The normalized spacial score (nSPS) is 14.9. The summed E-state index contributed by atoms with van der Waals surface area (Å²) in [5.41, 5.74) is 12.3. The SMILES string of the molecule is Cl.Cl.Cn1cc(-c2cnc3c(c2)NC[C@@H]([C@H](NCCc2ccc(CN)cc2)c2ccccc2)O3)cn1. The Balaban J connectivity index is 0.00000180. The lowest BCUT2D eigenvalue weighted by atomic mass is 9.99. The van der Waals surface area contributed by atoms with E-state index in [0.717, 1.165) is 35.3 Å². The number of fused-ring (bicyclic) bond motifs is 1. The van der Waals surface area contributed by atoms with E-state index in [-0.39, 0.29) is 37.0 Å². The maximum absolute atomic E-state index is 6.41. The van der Waals surface area contributed by atoms with Crippen molar-refractivity contribution in [3.8, 4) is 17.0 Å². The fourth-order valence-electron chi connectivity index (χ4n) is 4.32. The molecule has 2 aromatic carbocycles. The molecule has 7 nitrogen and oxygen atoms in total. The van der Waals surface area contributed by atoms with Crippen LogP contribution >= 0.6 is 24.8 Å². The van der Waals surface area contributed by atoms with E-state index in [9.17, 15) is 0 Å². The molecule has 0 amide bonds. The number of nitrogens with one attached hydrogen (secondary N) is 2. The first-order chi connectivity index (χ1) is 16.7. The van der Waals surface area contributed by atoms with Gasteiger partial charge < -0.3 is 21.1 Å². The van der Waals surface area contributed by atoms with Gasteiger partial charge in [-0.25, -0.2) is 4.98 Å². The van der Waals surface area contributed by atoms with Crippen molar-refractivity contribution < 1.29 is 4.74 Å². The third-order valence-corrected chi connectivity index (χ3v) is 6.21. The van der Waals surface area contributed by atoms with Crippen LogP contribution in [0, 0.1) is 0 Å². The fourth-order valence-corrected chi connectivity index (χ4v) is 4.32. The second-order valence-corrected chi connectivity index (χ2v) is 8.63. The number of benzene rings is 2. The number of aromatic nitrogens is 3. The minimum absolute atomic E-state index is 0. The number of pyridine rings is 1. The highest BCUT2D eigenvalue weighted by molar-refractivity contribution is 5.85. The van der Waals surface area contributed by atoms with Crippen LogP contribution in [0.15, 0.2) is 79.3 Å². The maximum atomic E-state index is 6.41. The molecule has 4 N–H and O–H groups in total. The van der Waals surface area contributed by atoms with E-state index in [2.05, 4.69) is 75.3 Å². The molecule has 1 aliphatic rings. The van der Waals surface area contributed by atoms with Gasteiger partial charge in [0.1, 0.15) is 6.10 Å². The molecule has 0 fully saturated rings. The van der Waals surface area contributed by atoms with Crippen LogP contribution in [-0.4, -0.2) is 34.0 Å². The van der Waals surface area contributed by atoms with E-state index < -0.39 is 0 Å². The van der Waals surface area contributed by atoms with Crippen LogP contribution in [0.25, 0.3) is 11.1 Å². The van der Waals surface area contributed by atoms with Gasteiger partial charge in [0.2, 0.25) is 5.88 Å². The number of aryl methyl sites for hydroxylation is 1. The number of hydrogen-bond acceptors (Lipinski definition) is 6. The zero-order valence-corrected chi connectivity index (χ0v) is 21.8. The van der Waals surface area contributed by atoms with E-state index in [1.165, 1.54) is 11.1 Å². The summed E-state index contributed by atoms with van der Waals surface area (Å²) in [6, 6.07) is 21.1. The molecule has 0 bridgehead atoms. The van der Waals surface area contributed by atoms with Crippen molar-refractivity contribution in [1.29, 1.82) is 0 Å². The van der Waals surface area contributed by atoms with Crippen molar-refractivity contribution in [2.75, 3.05) is 18.4 Å². The topological polar surface area (TPSA) is 90.0 Å². The van der Waals surface area contributed by atoms with Gasteiger partial charge in [-0.05, 0) is 35.7 Å². The van der Waals surface area contributed by atoms with E-state index in [1.54, 1.807) is 4.68 Å². The van der Waals surface area contributed by atoms with Crippen LogP contribution in [0.4, 0.5) is 5.69 Å². The van der Waals surface area contributed by atoms with E-state index in [1.807, 2.05) is 31.7 Å². The van der Waals surface area contributed by atoms with Gasteiger partial charge in [-0.2, -0.15) is 5.10 Å². The van der Waals surface area contributed by atoms with Crippen molar-refractivity contribution in [2.45, 2.75) is 25.1 Å². The van der Waals surface area contributed by atoms with Gasteiger partial charge >= 0.3 is 0 Å². The molecular formula is C27H32Cl2N6O. The Morgan fingerprint density at radius 3 is 2.50 bits per heavy atom. The average Bonchev–Trinajstić information content (AvgIpc) is 3.33. The lowest BCUT2D eigenvalue weighted by Gasteiger charge is -2.33. The van der Waals surface area contributed by atoms with Crippen LogP contribution in [0.1, 0.15) is 22.7 Å². The third-order valence-electron chi connectivity index (χ3n) is 6.21. The van der Waals surface area contributed by atoms with Gasteiger partial charge in [0.15, 0.2) is 0 Å². The number of nitrogens with zero attached hydrogens (tertiary/aromatic N) is 3. The zero-order valence-electron chi connectivity index (χ0n) is 20.1. The van der Waals surface area contributed by atoms with Gasteiger partial charge in [0.25, 0.3) is 0 Å². The average molecular weight is 528 g/mol. The first-order valence-electron chi connectivity index (χ1n) is 11.7. The first kappa shape index (κ1) is 27.5. The minimum atomic E-state index is -0.0914. The lowest BCUT2D eigenvalue weighted by molar-refractivity contribution is 0.150. The number of halogens is 2. The molecule has 1 aliphatic heterocycles. The van der Waals surface area contributed by atoms with Crippen LogP contribution in [0.3, 0.4) is 0 Å². The Kier molecular flexibility index (Phi) is 9.73. The van der Waals surface area contributed by atoms with Gasteiger partial charge in [-0.15, -0.1) is 24.8 Å². The number of rotatable bonds is 8. The summed E-state index contributed by atoms with van der Waals surface area (Å²) in [5.74, 6) is 0.629. The minimum Gasteiger partial charge on any atom is -0.469 e. The van der Waals surface area contributed by atoms with Crippen LogP contribution in [0.5, 0.6) is 5.88 Å². The molecule has 0 aliphatic carbocycles. The lowest BCUT2D eigenvalue weighted by Crippen LogP contribution is -2.43. The quantitative estimate of drug-likeness (QED) is 0.312. The zero-order chi connectivity index (χ0) is 23.3. The molecule has 2 atom stereocenters. The number of ether oxygens (including phenoxy) is 1. The first-order valence-corrected chi connectivity index (χ1v) is 11.7. The highest BCUT2D eigenvalue weighted by atomic mass is 35.5. The highest BCUT2D eigenvalue weighted by Gasteiger charge is 2.29. The second kappa shape index (κ2) is 12.7. The molecule has 36 heavy (non-hydrogen) atoms. The summed E-state index contributed by atoms with van der Waals surface area (Å²) in [4.78, 5) is 4.62. The Labute approximate surface area is 224 Å². The number of hydrogen-bond donors (Lipinski definition) is 3. The molecule has 0 radical (unpaired) electrons. The van der Waals surface area contributed by atoms with Crippen molar-refractivity contribution in [3.05, 3.63) is 95.9 Å². The molecular weight excluding hydrogens is 495 g/mol. The van der Waals surface area contributed by atoms with Crippen molar-refractivity contribution >= 4 is 30.5 Å². The largest absolute Gasteiger partial charge is 0.469 e. The maximum Gasteiger partial charge on any atom is 0.237 e. The van der Waals surface area contributed by atoms with Crippen LogP contribution in [0.2, 0.25) is 0 Å². The van der Waals surface area contributed by atoms with Gasteiger partial charge in [-0.3, -0.25) is 4.68 Å². The summed E-state index contributed by atoms with van der Waals surface area (Å²) in [6.07, 6.45) is 6.50. The highest BCUT2D eigenvalue weighted by Crippen LogP contribution is 2.34. The Morgan fingerprint density at radius 2 is 1.81 bits per heavy atom. The van der Waals surface area contributed by atoms with E-state index >= 15 is 0 Å². The monoisotopic (exact) mass is 526 g/mol. The molecule has 0 saturated heterocycles. The van der Waals surface area contributed by atoms with E-state index in [0.29, 0.717) is 19.0 Å². The van der Waals surface area contributed by atoms with Gasteiger partial charge in [0, 0.05) is 37.1 Å². The van der Waals surface area contributed by atoms with Gasteiger partial charge in [-0.1, -0.05) is 54.6 Å². The molecule has 9 heteroatoms. The molecule has 0 spiro atoms. The Morgan fingerprint density at radius 1 is 1.06 bits per heavy atom. The standard InChI is InChI=1S/C27H30N6O.2ClH/c1-33-18-23(16-32-33)22-13-24-27(31-15-22)34-25(17-30-24)26(21-5-3-2-4-6-21)29-12-11-19-7-9-20(14-28)10-8-19;;/h2-10,13,15-16,18,25-26,29-30H,11-12,14,17,28H2,1H3;2*1H/t25-,26+;;/m0../s1. The predicted molar refractivity (Wildman–Crippen MR) is 149 cm³/mol. The Bertz CT molecular complexity index is 1230. The molecule has 2 aromatic heterocycles. The molecule has 190 valence electrons. The summed E-state index contributed by atoms with van der Waals surface area (Å²) >= 11 is 0. The summed E-state index contributed by atoms with van der Waals surface area (Å²) in [5, 5.41) is 11.5. The number of nitrogens with two attached hydrogens (primary N) is 1. The van der Waals surface area contributed by atoms with Crippen LogP contribution < -0.4 is 21.1 Å². The summed E-state index contributed by atoms with van der Waals surface area (Å²) < 4.78 is 8.20.